The molecule has 4 nitrogen and oxygen atoms in total. The normalized spacial score (nSPS) is 10.3. The fourth-order valence-corrected chi connectivity index (χ4v) is 3.90. The smallest absolute Gasteiger partial charge is 0.0991 e. The van der Waals surface area contributed by atoms with Crippen molar-refractivity contribution in [3.63, 3.8) is 0 Å². The van der Waals surface area contributed by atoms with Crippen molar-refractivity contribution in [2.24, 2.45) is 0 Å². The molecule has 0 bridgehead atoms. The van der Waals surface area contributed by atoms with Gasteiger partial charge in [0.05, 0.1) is 46.0 Å². The fraction of sp³-hybridized carbons (Fsp3) is 0. The van der Waals surface area contributed by atoms with Crippen molar-refractivity contribution >= 4 is 0 Å². The van der Waals surface area contributed by atoms with E-state index in [9.17, 15) is 10.5 Å². The highest BCUT2D eigenvalue weighted by Gasteiger charge is 2.19. The Bertz CT molecular complexity index is 1440. The molecule has 0 N–H and O–H groups in total. The van der Waals surface area contributed by atoms with Crippen LogP contribution < -0.4 is 0 Å². The van der Waals surface area contributed by atoms with Crippen LogP contribution in [0.1, 0.15) is 11.1 Å². The number of benzene rings is 4. The second-order valence-electron chi connectivity index (χ2n) is 7.74. The van der Waals surface area contributed by atoms with Gasteiger partial charge in [-0.2, -0.15) is 10.5 Å². The molecular formula is C30H18N4. The fourth-order valence-electron chi connectivity index (χ4n) is 3.90. The molecule has 4 aromatic carbocycles. The summed E-state index contributed by atoms with van der Waals surface area (Å²) in [7, 11) is 0. The summed E-state index contributed by atoms with van der Waals surface area (Å²) in [5.74, 6) is 0. The van der Waals surface area contributed by atoms with Gasteiger partial charge in [0.15, 0.2) is 0 Å². The van der Waals surface area contributed by atoms with E-state index in [0.717, 1.165) is 22.3 Å². The van der Waals surface area contributed by atoms with Gasteiger partial charge in [-0.25, -0.2) is 9.97 Å². The van der Waals surface area contributed by atoms with Crippen LogP contribution in [-0.2, 0) is 0 Å². The molecule has 0 saturated heterocycles. The average Bonchev–Trinajstić information content (AvgIpc) is 2.93. The van der Waals surface area contributed by atoms with E-state index in [0.29, 0.717) is 33.9 Å². The van der Waals surface area contributed by atoms with Gasteiger partial charge in [-0.1, -0.05) is 84.9 Å². The van der Waals surface area contributed by atoms with E-state index in [2.05, 4.69) is 12.1 Å². The van der Waals surface area contributed by atoms with Crippen LogP contribution in [0.3, 0.4) is 0 Å². The zero-order valence-electron chi connectivity index (χ0n) is 18.2. The minimum Gasteiger partial charge on any atom is -0.243 e. The molecule has 5 aromatic rings. The minimum atomic E-state index is 0.561. The first kappa shape index (κ1) is 20.8. The maximum atomic E-state index is 9.46. The van der Waals surface area contributed by atoms with Crippen LogP contribution in [-0.4, -0.2) is 9.97 Å². The molecule has 0 aliphatic carbocycles. The quantitative estimate of drug-likeness (QED) is 0.309. The first-order valence-corrected chi connectivity index (χ1v) is 10.8. The number of rotatable bonds is 4. The van der Waals surface area contributed by atoms with Crippen molar-refractivity contribution in [2.45, 2.75) is 0 Å². The molecule has 0 aliphatic heterocycles. The molecule has 1 heterocycles. The molecule has 0 saturated carbocycles. The first-order chi connectivity index (χ1) is 16.8. The van der Waals surface area contributed by atoms with Crippen molar-refractivity contribution in [1.29, 1.82) is 10.5 Å². The highest BCUT2D eigenvalue weighted by atomic mass is 14.9. The lowest BCUT2D eigenvalue weighted by molar-refractivity contribution is 1.21. The molecule has 0 radical (unpaired) electrons. The lowest BCUT2D eigenvalue weighted by Gasteiger charge is -2.16. The van der Waals surface area contributed by atoms with Crippen LogP contribution in [0.25, 0.3) is 45.0 Å². The SMILES string of the molecule is N#Cc1cccc(-c2nc(-c3ccccc3)c(-c3cccc(C#N)c3)nc2-c2ccccc2)c1. The van der Waals surface area contributed by atoms with E-state index in [1.165, 1.54) is 0 Å². The Morgan fingerprint density at radius 3 is 1.15 bits per heavy atom. The van der Waals surface area contributed by atoms with Gasteiger partial charge >= 0.3 is 0 Å². The summed E-state index contributed by atoms with van der Waals surface area (Å²) < 4.78 is 0. The Hall–Kier alpha value is -5.06. The predicted molar refractivity (Wildman–Crippen MR) is 133 cm³/mol. The van der Waals surface area contributed by atoms with Gasteiger partial charge in [0, 0.05) is 22.3 Å². The highest BCUT2D eigenvalue weighted by molar-refractivity contribution is 5.86. The van der Waals surface area contributed by atoms with Crippen LogP contribution in [0.4, 0.5) is 0 Å². The van der Waals surface area contributed by atoms with Gasteiger partial charge < -0.3 is 0 Å². The second kappa shape index (κ2) is 9.20. The summed E-state index contributed by atoms with van der Waals surface area (Å²) in [5.41, 5.74) is 7.43. The lowest BCUT2D eigenvalue weighted by Crippen LogP contribution is -2.01. The Morgan fingerprint density at radius 1 is 0.412 bits per heavy atom. The van der Waals surface area contributed by atoms with Gasteiger partial charge in [0.1, 0.15) is 0 Å². The number of aromatic nitrogens is 2. The third-order valence-corrected chi connectivity index (χ3v) is 5.52. The van der Waals surface area contributed by atoms with E-state index in [4.69, 9.17) is 9.97 Å². The lowest BCUT2D eigenvalue weighted by atomic mass is 9.98. The number of hydrogen-bond acceptors (Lipinski definition) is 4. The number of hydrogen-bond donors (Lipinski definition) is 0. The van der Waals surface area contributed by atoms with Crippen LogP contribution in [0.2, 0.25) is 0 Å². The molecule has 5 rings (SSSR count). The summed E-state index contributed by atoms with van der Waals surface area (Å²) in [5, 5.41) is 18.9. The molecule has 34 heavy (non-hydrogen) atoms. The Balaban J connectivity index is 1.86. The maximum absolute atomic E-state index is 9.46. The van der Waals surface area contributed by atoms with Gasteiger partial charge in [-0.15, -0.1) is 0 Å². The number of nitriles is 2. The molecule has 0 amide bonds. The van der Waals surface area contributed by atoms with Crippen LogP contribution in [0.5, 0.6) is 0 Å². The van der Waals surface area contributed by atoms with E-state index in [1.54, 1.807) is 12.1 Å². The van der Waals surface area contributed by atoms with Gasteiger partial charge in [0.2, 0.25) is 0 Å². The molecule has 1 aromatic heterocycles. The number of nitrogens with zero attached hydrogens (tertiary/aromatic N) is 4. The highest BCUT2D eigenvalue weighted by Crippen LogP contribution is 2.37. The van der Waals surface area contributed by atoms with Crippen molar-refractivity contribution in [3.05, 3.63) is 120 Å². The van der Waals surface area contributed by atoms with E-state index in [1.807, 2.05) is 97.1 Å². The molecule has 0 atom stereocenters. The molecule has 158 valence electrons. The second-order valence-corrected chi connectivity index (χ2v) is 7.74. The topological polar surface area (TPSA) is 73.4 Å². The summed E-state index contributed by atoms with van der Waals surface area (Å²) in [6, 6.07) is 39.0. The Labute approximate surface area is 198 Å². The molecule has 0 unspecified atom stereocenters. The van der Waals surface area contributed by atoms with Gasteiger partial charge in [-0.3, -0.25) is 0 Å². The summed E-state index contributed by atoms with van der Waals surface area (Å²) >= 11 is 0. The first-order valence-electron chi connectivity index (χ1n) is 10.8. The summed E-state index contributed by atoms with van der Waals surface area (Å²) in [6.07, 6.45) is 0. The molecule has 0 aliphatic rings. The Kier molecular flexibility index (Phi) is 5.64. The minimum absolute atomic E-state index is 0.561. The van der Waals surface area contributed by atoms with Crippen molar-refractivity contribution in [3.8, 4) is 57.2 Å². The van der Waals surface area contributed by atoms with Gasteiger partial charge in [0.25, 0.3) is 0 Å². The molecule has 0 fully saturated rings. The van der Waals surface area contributed by atoms with Crippen LogP contribution >= 0.6 is 0 Å². The summed E-state index contributed by atoms with van der Waals surface area (Å²) in [4.78, 5) is 10.3. The van der Waals surface area contributed by atoms with Crippen molar-refractivity contribution in [1.82, 2.24) is 9.97 Å². The molecule has 0 spiro atoms. The zero-order chi connectivity index (χ0) is 23.3. The van der Waals surface area contributed by atoms with Crippen molar-refractivity contribution < 1.29 is 0 Å². The average molecular weight is 435 g/mol. The van der Waals surface area contributed by atoms with E-state index in [-0.39, 0.29) is 0 Å². The third kappa shape index (κ3) is 4.05. The maximum Gasteiger partial charge on any atom is 0.0991 e. The largest absolute Gasteiger partial charge is 0.243 e. The van der Waals surface area contributed by atoms with Gasteiger partial charge in [-0.05, 0) is 24.3 Å². The van der Waals surface area contributed by atoms with Crippen LogP contribution in [0.15, 0.2) is 109 Å². The zero-order valence-corrected chi connectivity index (χ0v) is 18.2. The third-order valence-electron chi connectivity index (χ3n) is 5.52. The van der Waals surface area contributed by atoms with Crippen molar-refractivity contribution in [2.75, 3.05) is 0 Å². The monoisotopic (exact) mass is 434 g/mol. The predicted octanol–water partition coefficient (Wildman–Crippen LogP) is 6.89. The molecule has 4 heteroatoms. The molecular weight excluding hydrogens is 416 g/mol. The van der Waals surface area contributed by atoms with E-state index < -0.39 is 0 Å². The Morgan fingerprint density at radius 2 is 0.765 bits per heavy atom. The van der Waals surface area contributed by atoms with Crippen LogP contribution in [0, 0.1) is 22.7 Å². The summed E-state index contributed by atoms with van der Waals surface area (Å²) in [6.45, 7) is 0. The standard InChI is InChI=1S/C30H18N4/c31-19-21-9-7-15-25(17-21)29-27(23-11-3-1-4-12-23)33-30(26-16-8-10-22(18-26)20-32)28(34-29)24-13-5-2-6-14-24/h1-18H. The van der Waals surface area contributed by atoms with E-state index >= 15 is 0 Å².